The summed E-state index contributed by atoms with van der Waals surface area (Å²) in [6.07, 6.45) is 3.34. The lowest BCUT2D eigenvalue weighted by atomic mass is 10.1. The first-order valence-electron chi connectivity index (χ1n) is 6.04. The molecule has 0 aliphatic carbocycles. The molecule has 0 unspecified atom stereocenters. The Labute approximate surface area is 140 Å². The van der Waals surface area contributed by atoms with E-state index in [1.165, 1.54) is 0 Å². The highest BCUT2D eigenvalue weighted by atomic mass is 79.9. The van der Waals surface area contributed by atoms with Gasteiger partial charge in [-0.1, -0.05) is 51.3 Å². The quantitative estimate of drug-likeness (QED) is 0.568. The van der Waals surface area contributed by atoms with Gasteiger partial charge in [-0.25, -0.2) is 9.97 Å². The third kappa shape index (κ3) is 3.07. The van der Waals surface area contributed by atoms with E-state index in [1.54, 1.807) is 24.5 Å². The zero-order valence-corrected chi connectivity index (χ0v) is 13.7. The molecule has 104 valence electrons. The Morgan fingerprint density at radius 1 is 0.762 bits per heavy atom. The van der Waals surface area contributed by atoms with E-state index in [0.717, 1.165) is 15.6 Å². The highest BCUT2D eigenvalue weighted by molar-refractivity contribution is 9.10. The van der Waals surface area contributed by atoms with E-state index in [1.807, 2.05) is 24.3 Å². The molecule has 0 aliphatic rings. The van der Waals surface area contributed by atoms with Gasteiger partial charge in [0, 0.05) is 22.4 Å². The van der Waals surface area contributed by atoms with Crippen LogP contribution in [0.1, 0.15) is 0 Å². The second-order valence-corrected chi connectivity index (χ2v) is 5.88. The molecule has 0 atom stereocenters. The van der Waals surface area contributed by atoms with Crippen LogP contribution in [-0.2, 0) is 0 Å². The number of nitrogens with zero attached hydrogens (tertiary/aromatic N) is 3. The normalized spacial score (nSPS) is 10.6. The molecule has 3 nitrogen and oxygen atoms in total. The Bertz CT molecular complexity index is 754. The number of benzene rings is 1. The molecule has 2 heterocycles. The number of halogens is 3. The van der Waals surface area contributed by atoms with Crippen molar-refractivity contribution in [1.82, 2.24) is 15.0 Å². The maximum absolute atomic E-state index is 6.30. The van der Waals surface area contributed by atoms with Crippen LogP contribution >= 0.6 is 39.1 Å². The van der Waals surface area contributed by atoms with Gasteiger partial charge in [0.2, 0.25) is 0 Å². The van der Waals surface area contributed by atoms with E-state index in [-0.39, 0.29) is 0 Å². The molecule has 0 aliphatic heterocycles. The standard InChI is InChI=1S/C15H8BrCl2N3/c16-11-3-1-9(2-4-11)12-13(17)20-15(21-14(12)18)10-5-7-19-8-6-10/h1-8H. The van der Waals surface area contributed by atoms with E-state index < -0.39 is 0 Å². The fraction of sp³-hybridized carbons (Fsp3) is 0. The third-order valence-corrected chi connectivity index (χ3v) is 3.97. The summed E-state index contributed by atoms with van der Waals surface area (Å²) in [5, 5.41) is 0.647. The molecule has 2 aromatic heterocycles. The fourth-order valence-electron chi connectivity index (χ4n) is 1.89. The second-order valence-electron chi connectivity index (χ2n) is 4.25. The van der Waals surface area contributed by atoms with Crippen molar-refractivity contribution in [2.24, 2.45) is 0 Å². The molecule has 0 N–H and O–H groups in total. The number of rotatable bonds is 2. The van der Waals surface area contributed by atoms with E-state index in [0.29, 0.717) is 21.7 Å². The fourth-order valence-corrected chi connectivity index (χ4v) is 2.76. The molecule has 0 fully saturated rings. The second kappa shape index (κ2) is 6.10. The lowest BCUT2D eigenvalue weighted by molar-refractivity contribution is 1.17. The van der Waals surface area contributed by atoms with Crippen molar-refractivity contribution in [3.05, 3.63) is 63.6 Å². The molecule has 0 radical (unpaired) electrons. The minimum atomic E-state index is 0.323. The van der Waals surface area contributed by atoms with Crippen molar-refractivity contribution in [2.75, 3.05) is 0 Å². The van der Waals surface area contributed by atoms with Gasteiger partial charge >= 0.3 is 0 Å². The Kier molecular flexibility index (Phi) is 4.19. The average molecular weight is 381 g/mol. The summed E-state index contributed by atoms with van der Waals surface area (Å²) < 4.78 is 0.979. The van der Waals surface area contributed by atoms with Crippen molar-refractivity contribution in [2.45, 2.75) is 0 Å². The van der Waals surface area contributed by atoms with Crippen LogP contribution < -0.4 is 0 Å². The van der Waals surface area contributed by atoms with E-state index in [9.17, 15) is 0 Å². The SMILES string of the molecule is Clc1nc(-c2ccncc2)nc(Cl)c1-c1ccc(Br)cc1. The molecular formula is C15H8BrCl2N3. The Morgan fingerprint density at radius 2 is 1.33 bits per heavy atom. The largest absolute Gasteiger partial charge is 0.265 e. The zero-order chi connectivity index (χ0) is 14.8. The molecule has 3 rings (SSSR count). The van der Waals surface area contributed by atoms with Crippen molar-refractivity contribution >= 4 is 39.1 Å². The van der Waals surface area contributed by atoms with Crippen LogP contribution in [0.25, 0.3) is 22.5 Å². The average Bonchev–Trinajstić information content (AvgIpc) is 2.49. The third-order valence-electron chi connectivity index (χ3n) is 2.89. The number of hydrogen-bond acceptors (Lipinski definition) is 3. The monoisotopic (exact) mass is 379 g/mol. The highest BCUT2D eigenvalue weighted by Crippen LogP contribution is 2.34. The first-order valence-corrected chi connectivity index (χ1v) is 7.59. The van der Waals surface area contributed by atoms with Crippen LogP contribution in [0.5, 0.6) is 0 Å². The number of pyridine rings is 1. The first-order chi connectivity index (χ1) is 10.1. The molecular weight excluding hydrogens is 373 g/mol. The van der Waals surface area contributed by atoms with Gasteiger partial charge in [-0.2, -0.15) is 0 Å². The Balaban J connectivity index is 2.11. The van der Waals surface area contributed by atoms with Gasteiger partial charge in [0.25, 0.3) is 0 Å². The highest BCUT2D eigenvalue weighted by Gasteiger charge is 2.14. The summed E-state index contributed by atoms with van der Waals surface area (Å²) in [6, 6.07) is 11.3. The number of aromatic nitrogens is 3. The van der Waals surface area contributed by atoms with Crippen molar-refractivity contribution in [3.63, 3.8) is 0 Å². The van der Waals surface area contributed by atoms with Crippen LogP contribution in [0, 0.1) is 0 Å². The molecule has 21 heavy (non-hydrogen) atoms. The van der Waals surface area contributed by atoms with E-state index in [4.69, 9.17) is 23.2 Å². The Hall–Kier alpha value is -1.49. The molecule has 0 amide bonds. The van der Waals surface area contributed by atoms with Crippen LogP contribution in [0.4, 0.5) is 0 Å². The zero-order valence-electron chi connectivity index (χ0n) is 10.6. The van der Waals surface area contributed by atoms with Gasteiger partial charge in [0.05, 0.1) is 5.56 Å². The summed E-state index contributed by atoms with van der Waals surface area (Å²) >= 11 is 16.0. The van der Waals surface area contributed by atoms with Crippen LogP contribution in [0.2, 0.25) is 10.3 Å². The molecule has 0 spiro atoms. The maximum Gasteiger partial charge on any atom is 0.162 e. The minimum absolute atomic E-state index is 0.323. The van der Waals surface area contributed by atoms with E-state index >= 15 is 0 Å². The molecule has 6 heteroatoms. The summed E-state index contributed by atoms with van der Waals surface area (Å²) in [5.74, 6) is 0.480. The van der Waals surface area contributed by atoms with Gasteiger partial charge in [0.1, 0.15) is 10.3 Å². The van der Waals surface area contributed by atoms with Crippen molar-refractivity contribution in [1.29, 1.82) is 0 Å². The van der Waals surface area contributed by atoms with Gasteiger partial charge < -0.3 is 0 Å². The summed E-state index contributed by atoms with van der Waals surface area (Å²) in [7, 11) is 0. The summed E-state index contributed by atoms with van der Waals surface area (Å²) in [4.78, 5) is 12.6. The smallest absolute Gasteiger partial charge is 0.162 e. The lowest BCUT2D eigenvalue weighted by Crippen LogP contribution is -1.94. The van der Waals surface area contributed by atoms with Crippen molar-refractivity contribution in [3.8, 4) is 22.5 Å². The summed E-state index contributed by atoms with van der Waals surface area (Å²) in [6.45, 7) is 0. The van der Waals surface area contributed by atoms with Gasteiger partial charge in [0.15, 0.2) is 5.82 Å². The van der Waals surface area contributed by atoms with Crippen LogP contribution in [0.3, 0.4) is 0 Å². The minimum Gasteiger partial charge on any atom is -0.265 e. The molecule has 0 saturated carbocycles. The predicted octanol–water partition coefficient (Wildman–Crippen LogP) is 5.27. The molecule has 1 aromatic carbocycles. The van der Waals surface area contributed by atoms with Gasteiger partial charge in [-0.15, -0.1) is 0 Å². The first kappa shape index (κ1) is 14.4. The molecule has 0 bridgehead atoms. The van der Waals surface area contributed by atoms with Gasteiger partial charge in [-0.05, 0) is 29.8 Å². The Morgan fingerprint density at radius 3 is 1.90 bits per heavy atom. The number of hydrogen-bond donors (Lipinski definition) is 0. The topological polar surface area (TPSA) is 38.7 Å². The van der Waals surface area contributed by atoms with E-state index in [2.05, 4.69) is 30.9 Å². The van der Waals surface area contributed by atoms with Gasteiger partial charge in [-0.3, -0.25) is 4.98 Å². The maximum atomic E-state index is 6.30. The molecule has 0 saturated heterocycles. The van der Waals surface area contributed by atoms with Crippen molar-refractivity contribution < 1.29 is 0 Å². The van der Waals surface area contributed by atoms with Crippen LogP contribution in [0.15, 0.2) is 53.3 Å². The van der Waals surface area contributed by atoms with Crippen LogP contribution in [-0.4, -0.2) is 15.0 Å². The predicted molar refractivity (Wildman–Crippen MR) is 88.4 cm³/mol. The summed E-state index contributed by atoms with van der Waals surface area (Å²) in [5.41, 5.74) is 2.31. The molecule has 3 aromatic rings. The lowest BCUT2D eigenvalue weighted by Gasteiger charge is -2.08.